The lowest BCUT2D eigenvalue weighted by Crippen LogP contribution is -2.66. The molecule has 2 amide bonds. The molecule has 1 aliphatic rings. The number of nitrogens with zero attached hydrogens (tertiary/aromatic N) is 1. The molecule has 0 fully saturated rings. The number of amides is 2. The molecule has 0 spiro atoms. The van der Waals surface area contributed by atoms with Gasteiger partial charge in [-0.25, -0.2) is 0 Å². The fourth-order valence-electron chi connectivity index (χ4n) is 3.70. The molecule has 168 valence electrons. The van der Waals surface area contributed by atoms with Crippen LogP contribution in [0.25, 0.3) is 0 Å². The largest absolute Gasteiger partial charge is 0.425 e. The van der Waals surface area contributed by atoms with Gasteiger partial charge in [-0.3, -0.25) is 14.4 Å². The number of nitrogens with one attached hydrogen (secondary N) is 1. The minimum atomic E-state index is -5.31. The molecular formula is C22H17Cl2F3N2O3. The number of rotatable bonds is 5. The molecule has 5 nitrogen and oxygen atoms in total. The molecule has 32 heavy (non-hydrogen) atoms. The highest BCUT2D eigenvalue weighted by Crippen LogP contribution is 2.45. The predicted molar refractivity (Wildman–Crippen MR) is 113 cm³/mol. The van der Waals surface area contributed by atoms with Crippen molar-refractivity contribution in [1.29, 1.82) is 0 Å². The zero-order valence-corrected chi connectivity index (χ0v) is 18.4. The van der Waals surface area contributed by atoms with Crippen LogP contribution in [0.3, 0.4) is 0 Å². The van der Waals surface area contributed by atoms with E-state index < -0.39 is 34.9 Å². The van der Waals surface area contributed by atoms with Gasteiger partial charge < -0.3 is 10.2 Å². The standard InChI is InChI=1S/C22H17Cl2F3N2O3/c1-12-18(13(2)30)21(22(25,26)27,20(32)29(12)11-14-6-4-3-5-7-14)28-19(31)16-9-8-15(23)10-17(16)24/h3-10H,11H2,1-2H3,(H,28,31)/t21-/m0/s1. The Balaban J connectivity index is 2.13. The van der Waals surface area contributed by atoms with Crippen LogP contribution in [0.4, 0.5) is 13.2 Å². The summed E-state index contributed by atoms with van der Waals surface area (Å²) in [5.74, 6) is -3.74. The highest BCUT2D eigenvalue weighted by molar-refractivity contribution is 6.36. The number of Topliss-reactive ketones (excluding diaryl/α,β-unsaturated/α-hetero) is 1. The zero-order valence-electron chi connectivity index (χ0n) is 16.9. The third-order valence-electron chi connectivity index (χ3n) is 5.15. The number of benzene rings is 2. The Labute approximate surface area is 191 Å². The Kier molecular flexibility index (Phi) is 6.40. The van der Waals surface area contributed by atoms with Gasteiger partial charge in [0.1, 0.15) is 0 Å². The molecule has 0 saturated carbocycles. The van der Waals surface area contributed by atoms with Gasteiger partial charge in [0, 0.05) is 10.7 Å². The Hall–Kier alpha value is -2.84. The van der Waals surface area contributed by atoms with Crippen LogP contribution >= 0.6 is 23.2 Å². The third-order valence-corrected chi connectivity index (χ3v) is 5.69. The summed E-state index contributed by atoms with van der Waals surface area (Å²) in [6.45, 7) is 1.95. The van der Waals surface area contributed by atoms with Gasteiger partial charge in [-0.15, -0.1) is 0 Å². The molecule has 1 aliphatic heterocycles. The summed E-state index contributed by atoms with van der Waals surface area (Å²) < 4.78 is 43.5. The van der Waals surface area contributed by atoms with Crippen LogP contribution in [0, 0.1) is 0 Å². The van der Waals surface area contributed by atoms with Crippen molar-refractivity contribution in [2.24, 2.45) is 0 Å². The Bertz CT molecular complexity index is 1130. The average Bonchev–Trinajstić information content (AvgIpc) is 2.90. The van der Waals surface area contributed by atoms with E-state index in [2.05, 4.69) is 0 Å². The van der Waals surface area contributed by atoms with E-state index in [4.69, 9.17) is 23.2 Å². The second-order valence-corrected chi connectivity index (χ2v) is 8.06. The molecule has 10 heteroatoms. The monoisotopic (exact) mass is 484 g/mol. The van der Waals surface area contributed by atoms with Gasteiger partial charge >= 0.3 is 6.18 Å². The number of carbonyl (C=O) groups is 3. The van der Waals surface area contributed by atoms with Crippen LogP contribution in [0.5, 0.6) is 0 Å². The Morgan fingerprint density at radius 2 is 1.72 bits per heavy atom. The van der Waals surface area contributed by atoms with Crippen LogP contribution in [0.1, 0.15) is 29.8 Å². The second-order valence-electron chi connectivity index (χ2n) is 7.22. The van der Waals surface area contributed by atoms with E-state index in [1.807, 2.05) is 0 Å². The Morgan fingerprint density at radius 1 is 1.09 bits per heavy atom. The normalized spacial score (nSPS) is 18.8. The van der Waals surface area contributed by atoms with Crippen molar-refractivity contribution < 1.29 is 27.6 Å². The average molecular weight is 485 g/mol. The van der Waals surface area contributed by atoms with Crippen LogP contribution in [0.15, 0.2) is 59.8 Å². The number of ketones is 1. The molecule has 3 rings (SSSR count). The molecular weight excluding hydrogens is 468 g/mol. The summed E-state index contributed by atoms with van der Waals surface area (Å²) in [5.41, 5.74) is -4.36. The maximum atomic E-state index is 14.5. The van der Waals surface area contributed by atoms with E-state index in [-0.39, 0.29) is 27.9 Å². The molecule has 0 aliphatic carbocycles. The molecule has 0 bridgehead atoms. The number of carbonyl (C=O) groups excluding carboxylic acids is 3. The molecule has 0 unspecified atom stereocenters. The molecule has 2 aromatic rings. The first-order valence-electron chi connectivity index (χ1n) is 9.32. The lowest BCUT2D eigenvalue weighted by Gasteiger charge is -2.33. The first kappa shape index (κ1) is 23.8. The number of hydrogen-bond acceptors (Lipinski definition) is 3. The van der Waals surface area contributed by atoms with Crippen LogP contribution < -0.4 is 5.32 Å². The summed E-state index contributed by atoms with van der Waals surface area (Å²) in [6, 6.07) is 11.9. The van der Waals surface area contributed by atoms with E-state index in [0.29, 0.717) is 5.56 Å². The van der Waals surface area contributed by atoms with Crippen molar-refractivity contribution in [3.8, 4) is 0 Å². The molecule has 0 aromatic heterocycles. The lowest BCUT2D eigenvalue weighted by molar-refractivity contribution is -0.190. The van der Waals surface area contributed by atoms with Crippen molar-refractivity contribution in [3.05, 3.63) is 81.0 Å². The van der Waals surface area contributed by atoms with Gasteiger partial charge in [0.25, 0.3) is 11.8 Å². The zero-order chi connectivity index (χ0) is 23.8. The van der Waals surface area contributed by atoms with Gasteiger partial charge in [-0.1, -0.05) is 53.5 Å². The smallest absolute Gasteiger partial charge is 0.326 e. The first-order chi connectivity index (χ1) is 14.9. The highest BCUT2D eigenvalue weighted by atomic mass is 35.5. The lowest BCUT2D eigenvalue weighted by atomic mass is 9.86. The molecule has 0 saturated heterocycles. The summed E-state index contributed by atoms with van der Waals surface area (Å²) in [4.78, 5) is 39.3. The molecule has 0 radical (unpaired) electrons. The van der Waals surface area contributed by atoms with Crippen molar-refractivity contribution in [1.82, 2.24) is 10.2 Å². The fourth-order valence-corrected chi connectivity index (χ4v) is 4.20. The third kappa shape index (κ3) is 4.00. The van der Waals surface area contributed by atoms with Crippen molar-refractivity contribution in [3.63, 3.8) is 0 Å². The van der Waals surface area contributed by atoms with Crippen LogP contribution in [-0.2, 0) is 16.1 Å². The SMILES string of the molecule is CC(=O)C1=C(C)N(Cc2ccccc2)C(=O)[C@]1(NC(=O)c1ccc(Cl)cc1Cl)C(F)(F)F. The van der Waals surface area contributed by atoms with E-state index in [1.54, 1.807) is 35.6 Å². The van der Waals surface area contributed by atoms with Crippen molar-refractivity contribution in [2.45, 2.75) is 32.1 Å². The Morgan fingerprint density at radius 3 is 2.25 bits per heavy atom. The number of hydrogen-bond donors (Lipinski definition) is 1. The van der Waals surface area contributed by atoms with Gasteiger partial charge in [0.15, 0.2) is 5.78 Å². The van der Waals surface area contributed by atoms with Crippen molar-refractivity contribution in [2.75, 3.05) is 0 Å². The second kappa shape index (κ2) is 8.60. The van der Waals surface area contributed by atoms with Gasteiger partial charge in [0.05, 0.1) is 22.7 Å². The number of allylic oxidation sites excluding steroid dienone is 1. The molecule has 1 heterocycles. The minimum absolute atomic E-state index is 0.170. The minimum Gasteiger partial charge on any atom is -0.326 e. The van der Waals surface area contributed by atoms with Crippen molar-refractivity contribution >= 4 is 40.8 Å². The van der Waals surface area contributed by atoms with E-state index in [9.17, 15) is 27.6 Å². The summed E-state index contributed by atoms with van der Waals surface area (Å²) in [6.07, 6.45) is -5.31. The predicted octanol–water partition coefficient (Wildman–Crippen LogP) is 4.93. The highest BCUT2D eigenvalue weighted by Gasteiger charge is 2.69. The van der Waals surface area contributed by atoms with Crippen LogP contribution in [0.2, 0.25) is 10.0 Å². The van der Waals surface area contributed by atoms with E-state index in [0.717, 1.165) is 17.9 Å². The fraction of sp³-hybridized carbons (Fsp3) is 0.227. The first-order valence-corrected chi connectivity index (χ1v) is 10.1. The maximum absolute atomic E-state index is 14.5. The summed E-state index contributed by atoms with van der Waals surface area (Å²) >= 11 is 11.8. The molecule has 1 atom stereocenters. The summed E-state index contributed by atoms with van der Waals surface area (Å²) in [7, 11) is 0. The van der Waals surface area contributed by atoms with Crippen LogP contribution in [-0.4, -0.2) is 34.2 Å². The van der Waals surface area contributed by atoms with E-state index in [1.165, 1.54) is 19.1 Å². The molecule has 2 aromatic carbocycles. The summed E-state index contributed by atoms with van der Waals surface area (Å²) in [5, 5.41) is 1.74. The topological polar surface area (TPSA) is 66.5 Å². The molecule has 1 N–H and O–H groups in total. The van der Waals surface area contributed by atoms with Gasteiger partial charge in [-0.05, 0) is 37.6 Å². The maximum Gasteiger partial charge on any atom is 0.425 e. The van der Waals surface area contributed by atoms with Gasteiger partial charge in [0.2, 0.25) is 5.54 Å². The number of halogens is 5. The number of alkyl halides is 3. The van der Waals surface area contributed by atoms with Gasteiger partial charge in [-0.2, -0.15) is 13.2 Å². The van der Waals surface area contributed by atoms with E-state index >= 15 is 0 Å². The quantitative estimate of drug-likeness (QED) is 0.654.